The van der Waals surface area contributed by atoms with Crippen LogP contribution < -0.4 is 4.72 Å². The van der Waals surface area contributed by atoms with E-state index in [2.05, 4.69) is 20.0 Å². The molecule has 0 spiro atoms. The lowest BCUT2D eigenvalue weighted by atomic mass is 10.3. The zero-order valence-electron chi connectivity index (χ0n) is 9.29. The van der Waals surface area contributed by atoms with Crippen LogP contribution in [0.4, 0.5) is 0 Å². The maximum atomic E-state index is 11.7. The maximum absolute atomic E-state index is 11.7. The molecule has 0 fully saturated rings. The Morgan fingerprint density at radius 1 is 1.47 bits per heavy atom. The Hall–Kier alpha value is -1.67. The fourth-order valence-electron chi connectivity index (χ4n) is 1.40. The van der Waals surface area contributed by atoms with Gasteiger partial charge in [-0.15, -0.1) is 0 Å². The molecule has 0 saturated carbocycles. The first-order valence-electron chi connectivity index (χ1n) is 5.04. The van der Waals surface area contributed by atoms with Crippen LogP contribution >= 0.6 is 0 Å². The van der Waals surface area contributed by atoms with Crippen molar-refractivity contribution < 1.29 is 8.42 Å². The Balaban J connectivity index is 1.91. The van der Waals surface area contributed by atoms with Crippen LogP contribution in [0.3, 0.4) is 0 Å². The monoisotopic (exact) mass is 255 g/mol. The molecule has 92 valence electrons. The molecule has 2 rings (SSSR count). The van der Waals surface area contributed by atoms with Crippen molar-refractivity contribution in [2.24, 2.45) is 7.05 Å². The molecule has 2 aromatic heterocycles. The minimum Gasteiger partial charge on any atom is -0.284 e. The van der Waals surface area contributed by atoms with Crippen LogP contribution in [0.25, 0.3) is 0 Å². The number of aromatic amines is 1. The molecule has 0 aromatic carbocycles. The Bertz CT molecular complexity index is 572. The zero-order valence-corrected chi connectivity index (χ0v) is 10.1. The molecule has 0 saturated heterocycles. The number of aryl methyl sites for hydroxylation is 1. The second-order valence-corrected chi connectivity index (χ2v) is 5.37. The Morgan fingerprint density at radius 2 is 2.29 bits per heavy atom. The number of hydrogen-bond acceptors (Lipinski definition) is 4. The van der Waals surface area contributed by atoms with Gasteiger partial charge in [0.2, 0.25) is 10.0 Å². The van der Waals surface area contributed by atoms with Crippen LogP contribution in [-0.2, 0) is 23.5 Å². The number of nitrogens with zero attached hydrogens (tertiary/aromatic N) is 3. The second-order valence-electron chi connectivity index (χ2n) is 3.60. The van der Waals surface area contributed by atoms with Crippen LogP contribution in [0, 0.1) is 0 Å². The molecule has 2 heterocycles. The molecule has 8 heteroatoms. The number of H-pyrrole nitrogens is 1. The van der Waals surface area contributed by atoms with Gasteiger partial charge in [0.1, 0.15) is 4.90 Å². The summed E-state index contributed by atoms with van der Waals surface area (Å²) in [5.41, 5.74) is 0.988. The minimum atomic E-state index is -3.45. The van der Waals surface area contributed by atoms with Gasteiger partial charge >= 0.3 is 0 Å². The van der Waals surface area contributed by atoms with E-state index in [1.807, 2.05) is 13.2 Å². The summed E-state index contributed by atoms with van der Waals surface area (Å²) in [4.78, 5) is 0.142. The summed E-state index contributed by atoms with van der Waals surface area (Å²) in [6, 6.07) is 0. The molecule has 0 aliphatic rings. The van der Waals surface area contributed by atoms with Crippen LogP contribution in [-0.4, -0.2) is 34.9 Å². The third-order valence-corrected chi connectivity index (χ3v) is 3.68. The van der Waals surface area contributed by atoms with E-state index < -0.39 is 10.0 Å². The lowest BCUT2D eigenvalue weighted by Crippen LogP contribution is -2.25. The Morgan fingerprint density at radius 3 is 2.88 bits per heavy atom. The first kappa shape index (κ1) is 11.8. The van der Waals surface area contributed by atoms with Gasteiger partial charge < -0.3 is 0 Å². The maximum Gasteiger partial charge on any atom is 0.243 e. The summed E-state index contributed by atoms with van der Waals surface area (Å²) in [6.07, 6.45) is 6.78. The van der Waals surface area contributed by atoms with Crippen LogP contribution in [0.5, 0.6) is 0 Å². The predicted octanol–water partition coefficient (Wildman–Crippen LogP) is -0.336. The Labute approximate surface area is 98.9 Å². The van der Waals surface area contributed by atoms with Gasteiger partial charge in [-0.25, -0.2) is 13.1 Å². The van der Waals surface area contributed by atoms with Gasteiger partial charge in [0.25, 0.3) is 0 Å². The summed E-state index contributed by atoms with van der Waals surface area (Å²) >= 11 is 0. The largest absolute Gasteiger partial charge is 0.284 e. The first-order chi connectivity index (χ1) is 8.08. The van der Waals surface area contributed by atoms with E-state index in [9.17, 15) is 8.42 Å². The van der Waals surface area contributed by atoms with Gasteiger partial charge in [-0.2, -0.15) is 10.2 Å². The van der Waals surface area contributed by atoms with Crippen molar-refractivity contribution in [1.29, 1.82) is 0 Å². The van der Waals surface area contributed by atoms with Crippen LogP contribution in [0.1, 0.15) is 5.56 Å². The third-order valence-electron chi connectivity index (χ3n) is 2.25. The summed E-state index contributed by atoms with van der Waals surface area (Å²) in [5.74, 6) is 0. The van der Waals surface area contributed by atoms with Crippen molar-refractivity contribution in [2.75, 3.05) is 6.54 Å². The average molecular weight is 255 g/mol. The molecular weight excluding hydrogens is 242 g/mol. The van der Waals surface area contributed by atoms with Crippen molar-refractivity contribution in [1.82, 2.24) is 24.7 Å². The normalized spacial score (nSPS) is 11.8. The van der Waals surface area contributed by atoms with Crippen molar-refractivity contribution in [3.63, 3.8) is 0 Å². The molecule has 0 unspecified atom stereocenters. The molecule has 2 N–H and O–H groups in total. The number of sulfonamides is 1. The highest BCUT2D eigenvalue weighted by Gasteiger charge is 2.14. The number of rotatable bonds is 5. The Kier molecular flexibility index (Phi) is 3.25. The number of nitrogens with one attached hydrogen (secondary N) is 2. The van der Waals surface area contributed by atoms with E-state index in [4.69, 9.17) is 0 Å². The minimum absolute atomic E-state index is 0.142. The molecule has 0 amide bonds. The second kappa shape index (κ2) is 4.68. The number of aromatic nitrogens is 4. The van der Waals surface area contributed by atoms with Gasteiger partial charge in [-0.05, 0) is 12.0 Å². The van der Waals surface area contributed by atoms with Gasteiger partial charge in [-0.1, -0.05) is 0 Å². The topological polar surface area (TPSA) is 92.7 Å². The first-order valence-corrected chi connectivity index (χ1v) is 6.52. The van der Waals surface area contributed by atoms with E-state index in [0.717, 1.165) is 5.56 Å². The van der Waals surface area contributed by atoms with E-state index in [1.165, 1.54) is 12.4 Å². The fraction of sp³-hybridized carbons (Fsp3) is 0.333. The SMILES string of the molecule is Cn1cc(CCNS(=O)(=O)c2cn[nH]c2)cn1. The van der Waals surface area contributed by atoms with Crippen molar-refractivity contribution in [2.45, 2.75) is 11.3 Å². The highest BCUT2D eigenvalue weighted by molar-refractivity contribution is 7.89. The molecule has 7 nitrogen and oxygen atoms in total. The lowest BCUT2D eigenvalue weighted by Gasteiger charge is -2.02. The average Bonchev–Trinajstić information content (AvgIpc) is 2.89. The molecule has 0 aliphatic carbocycles. The molecule has 0 atom stereocenters. The fourth-order valence-corrected chi connectivity index (χ4v) is 2.34. The summed E-state index contributed by atoms with van der Waals surface area (Å²) < 4.78 is 27.6. The van der Waals surface area contributed by atoms with E-state index in [0.29, 0.717) is 13.0 Å². The van der Waals surface area contributed by atoms with Crippen molar-refractivity contribution >= 4 is 10.0 Å². The number of hydrogen-bond donors (Lipinski definition) is 2. The lowest BCUT2D eigenvalue weighted by molar-refractivity contribution is 0.581. The highest BCUT2D eigenvalue weighted by Crippen LogP contribution is 2.04. The van der Waals surface area contributed by atoms with E-state index >= 15 is 0 Å². The summed E-state index contributed by atoms with van der Waals surface area (Å²) in [6.45, 7) is 0.333. The standard InChI is InChI=1S/C9H13N5O2S/c1-14-7-8(4-12-14)2-3-13-17(15,16)9-5-10-11-6-9/h4-7,13H,2-3H2,1H3,(H,10,11). The summed E-state index contributed by atoms with van der Waals surface area (Å²) in [7, 11) is -1.63. The highest BCUT2D eigenvalue weighted by atomic mass is 32.2. The molecule has 2 aromatic rings. The van der Waals surface area contributed by atoms with Crippen molar-refractivity contribution in [3.8, 4) is 0 Å². The molecule has 17 heavy (non-hydrogen) atoms. The summed E-state index contributed by atoms with van der Waals surface area (Å²) in [5, 5.41) is 10.1. The van der Waals surface area contributed by atoms with Crippen LogP contribution in [0.15, 0.2) is 29.7 Å². The van der Waals surface area contributed by atoms with Crippen LogP contribution in [0.2, 0.25) is 0 Å². The molecule has 0 aliphatic heterocycles. The zero-order chi connectivity index (χ0) is 12.3. The van der Waals surface area contributed by atoms with Gasteiger partial charge in [0.15, 0.2) is 0 Å². The molecule has 0 bridgehead atoms. The smallest absolute Gasteiger partial charge is 0.243 e. The third kappa shape index (κ3) is 2.92. The van der Waals surface area contributed by atoms with Gasteiger partial charge in [0, 0.05) is 26.0 Å². The van der Waals surface area contributed by atoms with Gasteiger partial charge in [0.05, 0.1) is 12.4 Å². The van der Waals surface area contributed by atoms with Gasteiger partial charge in [-0.3, -0.25) is 9.78 Å². The van der Waals surface area contributed by atoms with Crippen molar-refractivity contribution in [3.05, 3.63) is 30.4 Å². The predicted molar refractivity (Wildman–Crippen MR) is 60.7 cm³/mol. The quantitative estimate of drug-likeness (QED) is 0.764. The van der Waals surface area contributed by atoms with E-state index in [1.54, 1.807) is 10.9 Å². The van der Waals surface area contributed by atoms with E-state index in [-0.39, 0.29) is 4.90 Å². The molecule has 0 radical (unpaired) electrons. The molecular formula is C9H13N5O2S.